The molecule has 0 saturated heterocycles. The van der Waals surface area contributed by atoms with E-state index < -0.39 is 0 Å². The predicted molar refractivity (Wildman–Crippen MR) is 65.4 cm³/mol. The Morgan fingerprint density at radius 2 is 1.93 bits per heavy atom. The van der Waals surface area contributed by atoms with Crippen molar-refractivity contribution in [3.05, 3.63) is 34.9 Å². The Hall–Kier alpha value is -0.530. The van der Waals surface area contributed by atoms with Crippen LogP contribution >= 0.6 is 11.6 Å². The van der Waals surface area contributed by atoms with E-state index in [1.54, 1.807) is 0 Å². The van der Waals surface area contributed by atoms with Crippen LogP contribution in [0.4, 0.5) is 0 Å². The summed E-state index contributed by atoms with van der Waals surface area (Å²) < 4.78 is 5.54. The zero-order chi connectivity index (χ0) is 11.1. The van der Waals surface area contributed by atoms with Crippen LogP contribution in [0.3, 0.4) is 0 Å². The summed E-state index contributed by atoms with van der Waals surface area (Å²) in [5.74, 6) is 0.713. The quantitative estimate of drug-likeness (QED) is 0.668. The SMILES string of the molecule is CC(C)CCOCCc1ccccc1Cl. The molecule has 1 nitrogen and oxygen atoms in total. The molecule has 0 aliphatic rings. The maximum absolute atomic E-state index is 6.03. The van der Waals surface area contributed by atoms with Crippen LogP contribution in [0.2, 0.25) is 5.02 Å². The number of benzene rings is 1. The average Bonchev–Trinajstić information content (AvgIpc) is 2.20. The van der Waals surface area contributed by atoms with Crippen molar-refractivity contribution in [2.75, 3.05) is 13.2 Å². The number of hydrogen-bond donors (Lipinski definition) is 0. The molecule has 1 rings (SSSR count). The van der Waals surface area contributed by atoms with Crippen molar-refractivity contribution >= 4 is 11.6 Å². The van der Waals surface area contributed by atoms with Gasteiger partial charge in [-0.2, -0.15) is 0 Å². The van der Waals surface area contributed by atoms with E-state index in [-0.39, 0.29) is 0 Å². The van der Waals surface area contributed by atoms with Crippen LogP contribution in [0, 0.1) is 5.92 Å². The fourth-order valence-corrected chi connectivity index (χ4v) is 1.53. The van der Waals surface area contributed by atoms with Crippen molar-refractivity contribution in [1.82, 2.24) is 0 Å². The summed E-state index contributed by atoms with van der Waals surface area (Å²) in [4.78, 5) is 0. The second-order valence-electron chi connectivity index (χ2n) is 4.14. The number of rotatable bonds is 6. The third-order valence-corrected chi connectivity index (χ3v) is 2.68. The molecule has 0 amide bonds. The first-order valence-corrected chi connectivity index (χ1v) is 5.89. The summed E-state index contributed by atoms with van der Waals surface area (Å²) in [6, 6.07) is 7.93. The largest absolute Gasteiger partial charge is 0.381 e. The molecule has 0 unspecified atom stereocenters. The van der Waals surface area contributed by atoms with Crippen LogP contribution in [0.5, 0.6) is 0 Å². The molecule has 0 aliphatic heterocycles. The van der Waals surface area contributed by atoms with Crippen molar-refractivity contribution in [2.45, 2.75) is 26.7 Å². The highest BCUT2D eigenvalue weighted by Crippen LogP contribution is 2.15. The normalized spacial score (nSPS) is 10.9. The molecule has 0 bridgehead atoms. The molecular formula is C13H19ClO. The van der Waals surface area contributed by atoms with Gasteiger partial charge in [-0.15, -0.1) is 0 Å². The molecule has 0 aliphatic carbocycles. The molecular weight excluding hydrogens is 208 g/mol. The molecule has 1 aromatic carbocycles. The number of ether oxygens (including phenoxy) is 1. The Kier molecular flexibility index (Phi) is 5.74. The molecule has 0 saturated carbocycles. The van der Waals surface area contributed by atoms with E-state index in [9.17, 15) is 0 Å². The van der Waals surface area contributed by atoms with Crippen molar-refractivity contribution in [1.29, 1.82) is 0 Å². The fourth-order valence-electron chi connectivity index (χ4n) is 1.30. The fraction of sp³-hybridized carbons (Fsp3) is 0.538. The summed E-state index contributed by atoms with van der Waals surface area (Å²) in [7, 11) is 0. The topological polar surface area (TPSA) is 9.23 Å². The van der Waals surface area contributed by atoms with Crippen LogP contribution in [-0.4, -0.2) is 13.2 Å². The Morgan fingerprint density at radius 1 is 1.20 bits per heavy atom. The lowest BCUT2D eigenvalue weighted by molar-refractivity contribution is 0.126. The van der Waals surface area contributed by atoms with Gasteiger partial charge in [-0.05, 0) is 30.4 Å². The van der Waals surface area contributed by atoms with E-state index >= 15 is 0 Å². The van der Waals surface area contributed by atoms with Crippen LogP contribution < -0.4 is 0 Å². The molecule has 15 heavy (non-hydrogen) atoms. The third-order valence-electron chi connectivity index (χ3n) is 2.31. The monoisotopic (exact) mass is 226 g/mol. The zero-order valence-electron chi connectivity index (χ0n) is 9.50. The second-order valence-corrected chi connectivity index (χ2v) is 4.54. The highest BCUT2D eigenvalue weighted by Gasteiger charge is 1.99. The van der Waals surface area contributed by atoms with E-state index in [0.717, 1.165) is 31.1 Å². The minimum Gasteiger partial charge on any atom is -0.381 e. The summed E-state index contributed by atoms with van der Waals surface area (Å²) in [6.07, 6.45) is 2.03. The van der Waals surface area contributed by atoms with E-state index in [1.165, 1.54) is 5.56 Å². The Bertz CT molecular complexity index is 284. The second kappa shape index (κ2) is 6.86. The highest BCUT2D eigenvalue weighted by molar-refractivity contribution is 6.31. The molecule has 0 fully saturated rings. The first-order chi connectivity index (χ1) is 7.20. The van der Waals surface area contributed by atoms with Crippen LogP contribution in [0.1, 0.15) is 25.8 Å². The van der Waals surface area contributed by atoms with Crippen molar-refractivity contribution in [3.63, 3.8) is 0 Å². The van der Waals surface area contributed by atoms with Gasteiger partial charge in [0.2, 0.25) is 0 Å². The average molecular weight is 227 g/mol. The molecule has 0 radical (unpaired) electrons. The van der Waals surface area contributed by atoms with E-state index in [4.69, 9.17) is 16.3 Å². The lowest BCUT2D eigenvalue weighted by Gasteiger charge is -2.07. The smallest absolute Gasteiger partial charge is 0.0506 e. The minimum absolute atomic E-state index is 0.713. The summed E-state index contributed by atoms with van der Waals surface area (Å²) in [6.45, 7) is 6.02. The molecule has 2 heteroatoms. The zero-order valence-corrected chi connectivity index (χ0v) is 10.3. The van der Waals surface area contributed by atoms with Crippen molar-refractivity contribution in [3.8, 4) is 0 Å². The van der Waals surface area contributed by atoms with Gasteiger partial charge >= 0.3 is 0 Å². The van der Waals surface area contributed by atoms with Crippen LogP contribution in [-0.2, 0) is 11.2 Å². The first kappa shape index (κ1) is 12.5. The minimum atomic E-state index is 0.713. The number of hydrogen-bond acceptors (Lipinski definition) is 1. The Labute approximate surface area is 97.4 Å². The van der Waals surface area contributed by atoms with Gasteiger partial charge in [0.1, 0.15) is 0 Å². The maximum atomic E-state index is 6.03. The van der Waals surface area contributed by atoms with Crippen LogP contribution in [0.15, 0.2) is 24.3 Å². The highest BCUT2D eigenvalue weighted by atomic mass is 35.5. The third kappa shape index (κ3) is 5.19. The van der Waals surface area contributed by atoms with Crippen LogP contribution in [0.25, 0.3) is 0 Å². The van der Waals surface area contributed by atoms with Crippen molar-refractivity contribution in [2.24, 2.45) is 5.92 Å². The summed E-state index contributed by atoms with van der Waals surface area (Å²) in [5, 5.41) is 0.838. The molecule has 0 heterocycles. The molecule has 84 valence electrons. The Balaban J connectivity index is 2.18. The van der Waals surface area contributed by atoms with Gasteiger partial charge in [0.05, 0.1) is 6.61 Å². The molecule has 0 atom stereocenters. The molecule has 0 N–H and O–H groups in total. The van der Waals surface area contributed by atoms with E-state index in [1.807, 2.05) is 24.3 Å². The molecule has 0 aromatic heterocycles. The Morgan fingerprint density at radius 3 is 2.60 bits per heavy atom. The lowest BCUT2D eigenvalue weighted by Crippen LogP contribution is -2.03. The van der Waals surface area contributed by atoms with E-state index in [0.29, 0.717) is 5.92 Å². The van der Waals surface area contributed by atoms with Gasteiger partial charge in [0, 0.05) is 11.6 Å². The predicted octanol–water partition coefficient (Wildman–Crippen LogP) is 3.95. The van der Waals surface area contributed by atoms with Gasteiger partial charge in [0.25, 0.3) is 0 Å². The lowest BCUT2D eigenvalue weighted by atomic mass is 10.1. The summed E-state index contributed by atoms with van der Waals surface area (Å²) >= 11 is 6.03. The van der Waals surface area contributed by atoms with Gasteiger partial charge in [-0.25, -0.2) is 0 Å². The maximum Gasteiger partial charge on any atom is 0.0506 e. The van der Waals surface area contributed by atoms with E-state index in [2.05, 4.69) is 13.8 Å². The number of halogens is 1. The summed E-state index contributed by atoms with van der Waals surface area (Å²) in [5.41, 5.74) is 1.17. The van der Waals surface area contributed by atoms with Gasteiger partial charge in [-0.1, -0.05) is 43.6 Å². The molecule has 0 spiro atoms. The van der Waals surface area contributed by atoms with Gasteiger partial charge in [-0.3, -0.25) is 0 Å². The standard InChI is InChI=1S/C13H19ClO/c1-11(2)7-9-15-10-8-12-5-3-4-6-13(12)14/h3-6,11H,7-10H2,1-2H3. The van der Waals surface area contributed by atoms with Crippen molar-refractivity contribution < 1.29 is 4.74 Å². The molecule has 1 aromatic rings. The van der Waals surface area contributed by atoms with Gasteiger partial charge < -0.3 is 4.74 Å². The van der Waals surface area contributed by atoms with Gasteiger partial charge in [0.15, 0.2) is 0 Å². The first-order valence-electron chi connectivity index (χ1n) is 5.51.